The van der Waals surface area contributed by atoms with E-state index in [-0.39, 0.29) is 11.3 Å². The van der Waals surface area contributed by atoms with Gasteiger partial charge in [-0.1, -0.05) is 159 Å². The minimum absolute atomic E-state index is 0.0736. The minimum Gasteiger partial charge on any atom is -0.310 e. The van der Waals surface area contributed by atoms with Crippen molar-refractivity contribution in [3.8, 4) is 5.69 Å². The van der Waals surface area contributed by atoms with E-state index in [4.69, 9.17) is 0 Å². The molecule has 12 rings (SSSR count). The molecule has 0 spiro atoms. The first-order valence-electron chi connectivity index (χ1n) is 20.8. The summed E-state index contributed by atoms with van der Waals surface area (Å²) in [7, 11) is 0. The van der Waals surface area contributed by atoms with E-state index in [2.05, 4.69) is 230 Å². The van der Waals surface area contributed by atoms with Crippen LogP contribution in [0.5, 0.6) is 0 Å². The maximum atomic E-state index is 2.49. The van der Waals surface area contributed by atoms with Gasteiger partial charge < -0.3 is 9.47 Å². The molecular weight excluding hydrogens is 713 g/mol. The summed E-state index contributed by atoms with van der Waals surface area (Å²) in [6.07, 6.45) is 7.11. The van der Waals surface area contributed by atoms with Crippen molar-refractivity contribution in [3.05, 3.63) is 223 Å². The number of fused-ring (bicyclic) bond motifs is 12. The van der Waals surface area contributed by atoms with Gasteiger partial charge in [0.2, 0.25) is 0 Å². The van der Waals surface area contributed by atoms with Crippen molar-refractivity contribution in [2.75, 3.05) is 4.90 Å². The summed E-state index contributed by atoms with van der Waals surface area (Å²) in [6, 6.07) is 69.6. The van der Waals surface area contributed by atoms with Gasteiger partial charge in [0, 0.05) is 39.4 Å². The highest BCUT2D eigenvalue weighted by Crippen LogP contribution is 2.58. The molecule has 0 radical (unpaired) electrons. The first-order chi connectivity index (χ1) is 29.0. The maximum absolute atomic E-state index is 2.49. The van der Waals surface area contributed by atoms with Crippen LogP contribution in [0.2, 0.25) is 0 Å². The van der Waals surface area contributed by atoms with Crippen molar-refractivity contribution in [2.45, 2.75) is 25.2 Å². The predicted molar refractivity (Wildman–Crippen MR) is 251 cm³/mol. The lowest BCUT2D eigenvalue weighted by atomic mass is 9.71. The number of rotatable bonds is 5. The van der Waals surface area contributed by atoms with E-state index in [1.165, 1.54) is 87.8 Å². The monoisotopic (exact) mass is 754 g/mol. The van der Waals surface area contributed by atoms with Crippen molar-refractivity contribution >= 4 is 76.8 Å². The van der Waals surface area contributed by atoms with Crippen LogP contribution < -0.4 is 4.90 Å². The van der Waals surface area contributed by atoms with E-state index < -0.39 is 0 Å². The van der Waals surface area contributed by atoms with Crippen LogP contribution in [0.25, 0.3) is 65.4 Å². The summed E-state index contributed by atoms with van der Waals surface area (Å²) < 4.78 is 2.40. The lowest BCUT2D eigenvalue weighted by molar-refractivity contribution is 0.399. The van der Waals surface area contributed by atoms with Crippen molar-refractivity contribution in [1.82, 2.24) is 4.57 Å². The molecule has 0 aliphatic heterocycles. The van der Waals surface area contributed by atoms with E-state index in [1.807, 2.05) is 0 Å². The van der Waals surface area contributed by atoms with Crippen LogP contribution >= 0.6 is 0 Å². The largest absolute Gasteiger partial charge is 0.310 e. The van der Waals surface area contributed by atoms with Crippen molar-refractivity contribution < 1.29 is 0 Å². The van der Waals surface area contributed by atoms with Gasteiger partial charge in [0.25, 0.3) is 0 Å². The Morgan fingerprint density at radius 3 is 1.63 bits per heavy atom. The molecule has 0 N–H and O–H groups in total. The Bertz CT molecular complexity index is 3270. The molecule has 2 heteroatoms. The van der Waals surface area contributed by atoms with E-state index in [0.717, 1.165) is 11.4 Å². The predicted octanol–water partition coefficient (Wildman–Crippen LogP) is 15.4. The number of allylic oxidation sites excluding steroid dienone is 4. The molecule has 0 saturated carbocycles. The van der Waals surface area contributed by atoms with E-state index in [0.29, 0.717) is 5.92 Å². The number of aromatic nitrogens is 1. The summed E-state index contributed by atoms with van der Waals surface area (Å²) in [6.45, 7) is 4.89. The Morgan fingerprint density at radius 1 is 0.458 bits per heavy atom. The lowest BCUT2D eigenvalue weighted by Crippen LogP contribution is -2.26. The molecule has 2 aliphatic rings. The van der Waals surface area contributed by atoms with Crippen LogP contribution in [0, 0.1) is 5.92 Å². The average Bonchev–Trinajstić information content (AvgIpc) is 3.75. The van der Waals surface area contributed by atoms with Crippen LogP contribution in [0.15, 0.2) is 206 Å². The third kappa shape index (κ3) is 5.06. The Kier molecular flexibility index (Phi) is 7.43. The molecule has 59 heavy (non-hydrogen) atoms. The van der Waals surface area contributed by atoms with Crippen LogP contribution in [-0.2, 0) is 5.41 Å². The molecule has 2 atom stereocenters. The molecular formula is C57H42N2. The van der Waals surface area contributed by atoms with Crippen LogP contribution in [-0.4, -0.2) is 4.57 Å². The fourth-order valence-electron chi connectivity index (χ4n) is 10.7. The van der Waals surface area contributed by atoms with Crippen molar-refractivity contribution in [3.63, 3.8) is 0 Å². The minimum atomic E-state index is -0.0736. The Hall–Kier alpha value is -7.16. The second kappa shape index (κ2) is 12.9. The maximum Gasteiger partial charge on any atom is 0.0541 e. The molecule has 0 saturated heterocycles. The molecule has 0 bridgehead atoms. The summed E-state index contributed by atoms with van der Waals surface area (Å²) >= 11 is 0. The molecule has 2 aliphatic carbocycles. The Labute approximate surface area is 344 Å². The highest BCUT2D eigenvalue weighted by Gasteiger charge is 2.47. The number of benzene rings is 9. The number of hydrogen-bond acceptors (Lipinski definition) is 1. The molecule has 280 valence electrons. The molecule has 10 aromatic rings. The summed E-state index contributed by atoms with van der Waals surface area (Å²) in [5, 5.41) is 10.3. The summed E-state index contributed by atoms with van der Waals surface area (Å²) in [4.78, 5) is 2.45. The van der Waals surface area contributed by atoms with E-state index in [1.54, 1.807) is 0 Å². The standard InChI is InChI=1S/C57H42N2/c1-57(2)52-24-14-23-42(37-27-29-39(30-28-37)59-54-25-12-10-21-48(54)49-22-11-13-26-55(49)59)56(52)50-34-32-41(36-53(50)57)58(38-15-4-3-5-16-38)40-31-33-47-45-19-7-6-17-43(45)44-18-8-9-20-46(44)51(47)35-40/h3-36,52,56H,1-2H3. The van der Waals surface area contributed by atoms with Crippen LogP contribution in [0.3, 0.4) is 0 Å². The smallest absolute Gasteiger partial charge is 0.0541 e. The number of para-hydroxylation sites is 3. The molecule has 0 amide bonds. The lowest BCUT2D eigenvalue weighted by Gasteiger charge is -2.32. The van der Waals surface area contributed by atoms with Gasteiger partial charge in [-0.05, 0) is 127 Å². The fourth-order valence-corrected chi connectivity index (χ4v) is 10.7. The van der Waals surface area contributed by atoms with Crippen LogP contribution in [0.1, 0.15) is 36.5 Å². The van der Waals surface area contributed by atoms with Gasteiger partial charge in [-0.3, -0.25) is 0 Å². The Balaban J connectivity index is 0.963. The van der Waals surface area contributed by atoms with Gasteiger partial charge in [-0.15, -0.1) is 0 Å². The van der Waals surface area contributed by atoms with Gasteiger partial charge in [0.15, 0.2) is 0 Å². The molecule has 2 nitrogen and oxygen atoms in total. The fraction of sp³-hybridized carbons (Fsp3) is 0.0877. The first-order valence-corrected chi connectivity index (χ1v) is 20.8. The number of nitrogens with zero attached hydrogens (tertiary/aromatic N) is 2. The van der Waals surface area contributed by atoms with Gasteiger partial charge in [-0.2, -0.15) is 0 Å². The molecule has 0 fully saturated rings. The summed E-state index contributed by atoms with van der Waals surface area (Å²) in [5.74, 6) is 0.610. The van der Waals surface area contributed by atoms with Gasteiger partial charge in [0.05, 0.1) is 11.0 Å². The Morgan fingerprint density at radius 2 is 0.983 bits per heavy atom. The SMILES string of the molecule is CC1(C)c2cc(N(c3ccccc3)c3ccc4c5ccccc5c5ccccc5c4c3)ccc2C2C(c3ccc(-n4c5ccccc5c5ccccc54)cc3)=CC=CC21. The normalized spacial score (nSPS) is 16.8. The summed E-state index contributed by atoms with van der Waals surface area (Å²) in [5.41, 5.74) is 12.6. The molecule has 1 aromatic heterocycles. The highest BCUT2D eigenvalue weighted by molar-refractivity contribution is 6.25. The molecule has 9 aromatic carbocycles. The van der Waals surface area contributed by atoms with Gasteiger partial charge >= 0.3 is 0 Å². The zero-order valence-electron chi connectivity index (χ0n) is 33.2. The molecule has 2 unspecified atom stereocenters. The van der Waals surface area contributed by atoms with Gasteiger partial charge in [0.1, 0.15) is 0 Å². The quantitative estimate of drug-likeness (QED) is 0.159. The number of anilines is 3. The topological polar surface area (TPSA) is 8.17 Å². The molecule has 1 heterocycles. The zero-order valence-corrected chi connectivity index (χ0v) is 33.2. The van der Waals surface area contributed by atoms with E-state index in [9.17, 15) is 0 Å². The first kappa shape index (κ1) is 33.9. The third-order valence-corrected chi connectivity index (χ3v) is 13.5. The average molecular weight is 755 g/mol. The third-order valence-electron chi connectivity index (χ3n) is 13.5. The van der Waals surface area contributed by atoms with Crippen LogP contribution in [0.4, 0.5) is 17.1 Å². The van der Waals surface area contributed by atoms with Crippen molar-refractivity contribution in [1.29, 1.82) is 0 Å². The number of hydrogen-bond donors (Lipinski definition) is 0. The highest BCUT2D eigenvalue weighted by atomic mass is 15.1. The van der Waals surface area contributed by atoms with E-state index >= 15 is 0 Å². The second-order valence-electron chi connectivity index (χ2n) is 16.9. The van der Waals surface area contributed by atoms with Crippen molar-refractivity contribution in [2.24, 2.45) is 5.92 Å². The van der Waals surface area contributed by atoms with Gasteiger partial charge in [-0.25, -0.2) is 0 Å². The zero-order chi connectivity index (χ0) is 39.2. The second-order valence-corrected chi connectivity index (χ2v) is 16.9.